The molecule has 4 nitrogen and oxygen atoms in total. The minimum Gasteiger partial charge on any atom is -0.492 e. The fraction of sp³-hybridized carbons (Fsp3) is 0.118. The Kier molecular flexibility index (Phi) is 3.60. The second-order valence-corrected chi connectivity index (χ2v) is 4.72. The van der Waals surface area contributed by atoms with Gasteiger partial charge in [0.05, 0.1) is 12.1 Å². The minimum atomic E-state index is -0.908. The van der Waals surface area contributed by atoms with Crippen LogP contribution in [0, 0.1) is 0 Å². The lowest BCUT2D eigenvalue weighted by molar-refractivity contribution is 0.0698. The van der Waals surface area contributed by atoms with E-state index in [1.165, 1.54) is 0 Å². The first kappa shape index (κ1) is 13.2. The number of carbonyl (C=O) groups is 1. The number of carboxylic acids is 1. The molecule has 2 aromatic carbocycles. The molecule has 3 aromatic rings. The predicted octanol–water partition coefficient (Wildman–Crippen LogP) is 3.42. The summed E-state index contributed by atoms with van der Waals surface area (Å²) in [6.45, 7) is 1.09. The van der Waals surface area contributed by atoms with Gasteiger partial charge in [-0.1, -0.05) is 36.4 Å². The molecular weight excluding hydrogens is 266 g/mol. The van der Waals surface area contributed by atoms with Gasteiger partial charge in [0.1, 0.15) is 12.4 Å². The van der Waals surface area contributed by atoms with Crippen LogP contribution >= 0.6 is 0 Å². The van der Waals surface area contributed by atoms with E-state index in [0.717, 1.165) is 16.7 Å². The Balaban J connectivity index is 1.79. The predicted molar refractivity (Wildman–Crippen MR) is 80.8 cm³/mol. The Morgan fingerprint density at radius 1 is 1.05 bits per heavy atom. The lowest BCUT2D eigenvalue weighted by Crippen LogP contribution is -2.07. The molecule has 1 aromatic heterocycles. The van der Waals surface area contributed by atoms with Crippen LogP contribution in [-0.4, -0.2) is 22.2 Å². The number of nitrogens with zero attached hydrogens (tertiary/aromatic N) is 1. The van der Waals surface area contributed by atoms with Gasteiger partial charge in [-0.3, -0.25) is 0 Å². The summed E-state index contributed by atoms with van der Waals surface area (Å²) < 4.78 is 7.58. The molecule has 0 fully saturated rings. The van der Waals surface area contributed by atoms with E-state index < -0.39 is 5.97 Å². The van der Waals surface area contributed by atoms with Gasteiger partial charge in [0.25, 0.3) is 0 Å². The summed E-state index contributed by atoms with van der Waals surface area (Å²) in [5.41, 5.74) is 1.23. The Bertz CT molecular complexity index is 762. The van der Waals surface area contributed by atoms with Gasteiger partial charge in [0, 0.05) is 17.1 Å². The van der Waals surface area contributed by atoms with Crippen LogP contribution < -0.4 is 4.74 Å². The van der Waals surface area contributed by atoms with Crippen molar-refractivity contribution >= 4 is 16.9 Å². The van der Waals surface area contributed by atoms with Crippen molar-refractivity contribution in [1.29, 1.82) is 0 Å². The zero-order chi connectivity index (χ0) is 14.7. The van der Waals surface area contributed by atoms with E-state index in [9.17, 15) is 9.90 Å². The first-order chi connectivity index (χ1) is 10.3. The van der Waals surface area contributed by atoms with Crippen LogP contribution in [0.25, 0.3) is 10.9 Å². The molecule has 0 unspecified atom stereocenters. The van der Waals surface area contributed by atoms with Crippen LogP contribution in [0.5, 0.6) is 5.75 Å². The van der Waals surface area contributed by atoms with Gasteiger partial charge in [-0.2, -0.15) is 0 Å². The fourth-order valence-corrected chi connectivity index (χ4v) is 2.38. The highest BCUT2D eigenvalue weighted by Crippen LogP contribution is 2.21. The quantitative estimate of drug-likeness (QED) is 0.779. The van der Waals surface area contributed by atoms with E-state index in [4.69, 9.17) is 4.74 Å². The van der Waals surface area contributed by atoms with Crippen molar-refractivity contribution in [2.24, 2.45) is 0 Å². The second kappa shape index (κ2) is 5.71. The number of aromatic nitrogens is 1. The van der Waals surface area contributed by atoms with Gasteiger partial charge in [-0.25, -0.2) is 4.79 Å². The zero-order valence-electron chi connectivity index (χ0n) is 11.4. The van der Waals surface area contributed by atoms with Gasteiger partial charge < -0.3 is 14.4 Å². The average Bonchev–Trinajstić information content (AvgIpc) is 2.88. The summed E-state index contributed by atoms with van der Waals surface area (Å²) in [4.78, 5) is 11.3. The van der Waals surface area contributed by atoms with Crippen molar-refractivity contribution in [3.63, 3.8) is 0 Å². The summed E-state index contributed by atoms with van der Waals surface area (Å²) in [6, 6.07) is 17.1. The Morgan fingerprint density at radius 3 is 2.52 bits per heavy atom. The van der Waals surface area contributed by atoms with E-state index in [2.05, 4.69) is 0 Å². The first-order valence-electron chi connectivity index (χ1n) is 6.75. The van der Waals surface area contributed by atoms with E-state index in [1.807, 2.05) is 59.2 Å². The smallest absolute Gasteiger partial charge is 0.337 e. The van der Waals surface area contributed by atoms with Gasteiger partial charge >= 0.3 is 5.97 Å². The third kappa shape index (κ3) is 2.74. The van der Waals surface area contributed by atoms with Crippen molar-refractivity contribution in [3.8, 4) is 5.75 Å². The molecule has 0 radical (unpaired) electrons. The zero-order valence-corrected chi connectivity index (χ0v) is 11.4. The summed E-state index contributed by atoms with van der Waals surface area (Å²) in [5.74, 6) is -0.0960. The maximum atomic E-state index is 11.3. The SMILES string of the molecule is O=C(O)c1cn(CCOc2ccccc2)c2ccccc12. The number of benzene rings is 2. The maximum Gasteiger partial charge on any atom is 0.337 e. The molecule has 21 heavy (non-hydrogen) atoms. The van der Waals surface area contributed by atoms with Crippen molar-refractivity contribution < 1.29 is 14.6 Å². The van der Waals surface area contributed by atoms with Crippen molar-refractivity contribution in [2.75, 3.05) is 6.61 Å². The summed E-state index contributed by atoms with van der Waals surface area (Å²) in [6.07, 6.45) is 1.67. The van der Waals surface area contributed by atoms with Crippen molar-refractivity contribution in [2.45, 2.75) is 6.54 Å². The Hall–Kier alpha value is -2.75. The molecular formula is C17H15NO3. The molecule has 4 heteroatoms. The van der Waals surface area contributed by atoms with Gasteiger partial charge in [-0.15, -0.1) is 0 Å². The Labute approximate surface area is 122 Å². The lowest BCUT2D eigenvalue weighted by Gasteiger charge is -2.08. The number of hydrogen-bond donors (Lipinski definition) is 1. The molecule has 0 aliphatic heterocycles. The van der Waals surface area contributed by atoms with Crippen molar-refractivity contribution in [3.05, 3.63) is 66.4 Å². The highest BCUT2D eigenvalue weighted by atomic mass is 16.5. The van der Waals surface area contributed by atoms with Gasteiger partial charge in [0.15, 0.2) is 0 Å². The standard InChI is InChI=1S/C17H15NO3/c19-17(20)15-12-18(16-9-5-4-8-14(15)16)10-11-21-13-6-2-1-3-7-13/h1-9,12H,10-11H2,(H,19,20). The summed E-state index contributed by atoms with van der Waals surface area (Å²) in [7, 11) is 0. The van der Waals surface area contributed by atoms with Gasteiger partial charge in [-0.05, 0) is 18.2 Å². The van der Waals surface area contributed by atoms with Crippen LogP contribution in [0.15, 0.2) is 60.8 Å². The molecule has 0 atom stereocenters. The molecule has 106 valence electrons. The number of rotatable bonds is 5. The molecule has 0 aliphatic carbocycles. The fourth-order valence-electron chi connectivity index (χ4n) is 2.38. The van der Waals surface area contributed by atoms with Crippen LogP contribution in [-0.2, 0) is 6.54 Å². The van der Waals surface area contributed by atoms with E-state index in [0.29, 0.717) is 18.7 Å². The van der Waals surface area contributed by atoms with Crippen LogP contribution in [0.1, 0.15) is 10.4 Å². The van der Waals surface area contributed by atoms with E-state index >= 15 is 0 Å². The third-order valence-electron chi connectivity index (χ3n) is 3.36. The minimum absolute atomic E-state index is 0.324. The second-order valence-electron chi connectivity index (χ2n) is 4.72. The first-order valence-corrected chi connectivity index (χ1v) is 6.75. The van der Waals surface area contributed by atoms with Crippen LogP contribution in [0.3, 0.4) is 0 Å². The highest BCUT2D eigenvalue weighted by molar-refractivity contribution is 6.03. The summed E-state index contributed by atoms with van der Waals surface area (Å²) >= 11 is 0. The molecule has 0 amide bonds. The number of ether oxygens (including phenoxy) is 1. The number of carboxylic acid groups (broad SMARTS) is 1. The van der Waals surface area contributed by atoms with Gasteiger partial charge in [0.2, 0.25) is 0 Å². The van der Waals surface area contributed by atoms with Crippen LogP contribution in [0.2, 0.25) is 0 Å². The lowest BCUT2D eigenvalue weighted by atomic mass is 10.2. The largest absolute Gasteiger partial charge is 0.492 e. The molecule has 0 bridgehead atoms. The normalized spacial score (nSPS) is 10.7. The summed E-state index contributed by atoms with van der Waals surface area (Å²) in [5, 5.41) is 10.0. The highest BCUT2D eigenvalue weighted by Gasteiger charge is 2.13. The molecule has 0 saturated carbocycles. The number of para-hydroxylation sites is 2. The molecule has 0 saturated heterocycles. The number of aromatic carboxylic acids is 1. The third-order valence-corrected chi connectivity index (χ3v) is 3.36. The van der Waals surface area contributed by atoms with E-state index in [-0.39, 0.29) is 0 Å². The molecule has 1 heterocycles. The molecule has 3 rings (SSSR count). The molecule has 1 N–H and O–H groups in total. The average molecular weight is 281 g/mol. The molecule has 0 aliphatic rings. The topological polar surface area (TPSA) is 51.5 Å². The van der Waals surface area contributed by atoms with Crippen LogP contribution in [0.4, 0.5) is 0 Å². The number of hydrogen-bond acceptors (Lipinski definition) is 2. The maximum absolute atomic E-state index is 11.3. The monoisotopic (exact) mass is 281 g/mol. The Morgan fingerprint density at radius 2 is 1.76 bits per heavy atom. The number of fused-ring (bicyclic) bond motifs is 1. The molecule has 0 spiro atoms. The van der Waals surface area contributed by atoms with Crippen molar-refractivity contribution in [1.82, 2.24) is 4.57 Å². The van der Waals surface area contributed by atoms with E-state index in [1.54, 1.807) is 6.20 Å².